The van der Waals surface area contributed by atoms with E-state index in [-0.39, 0.29) is 5.15 Å². The molecule has 1 aromatic rings. The summed E-state index contributed by atoms with van der Waals surface area (Å²) >= 11 is 5.73. The topological polar surface area (TPSA) is 131 Å². The number of nitro groups is 1. The minimum atomic E-state index is -1.37. The molecular formula is C8H10ClN3O6. The predicted molar refractivity (Wildman–Crippen MR) is 56.9 cm³/mol. The maximum atomic E-state index is 10.6. The van der Waals surface area contributed by atoms with Gasteiger partial charge in [-0.1, -0.05) is 11.6 Å². The number of hydrogen-bond donors (Lipinski definition) is 3. The van der Waals surface area contributed by atoms with Crippen molar-refractivity contribution in [3.63, 3.8) is 0 Å². The van der Waals surface area contributed by atoms with Crippen LogP contribution in [0.3, 0.4) is 0 Å². The van der Waals surface area contributed by atoms with Crippen molar-refractivity contribution in [3.8, 4) is 0 Å². The molecule has 9 nitrogen and oxygen atoms in total. The highest BCUT2D eigenvalue weighted by molar-refractivity contribution is 6.31. The standard InChI is InChI=1S/C8H10ClN3O6/c9-6-7(12(16)17)10-2-11(6)8-5(15)4(14)3(1-13)18-8/h2-5,8,13-15H,1H2/t3-,4-,5-,8-/m1/s1. The lowest BCUT2D eigenvalue weighted by molar-refractivity contribution is -0.389. The van der Waals surface area contributed by atoms with E-state index in [0.29, 0.717) is 0 Å². The Morgan fingerprint density at radius 1 is 1.56 bits per heavy atom. The monoisotopic (exact) mass is 279 g/mol. The first-order valence-electron chi connectivity index (χ1n) is 4.96. The fourth-order valence-electron chi connectivity index (χ4n) is 1.75. The first-order chi connectivity index (χ1) is 8.47. The zero-order valence-corrected chi connectivity index (χ0v) is 9.64. The van der Waals surface area contributed by atoms with E-state index in [1.807, 2.05) is 0 Å². The van der Waals surface area contributed by atoms with Gasteiger partial charge in [-0.15, -0.1) is 0 Å². The van der Waals surface area contributed by atoms with Crippen LogP contribution in [0.15, 0.2) is 6.33 Å². The van der Waals surface area contributed by atoms with Crippen molar-refractivity contribution >= 4 is 17.4 Å². The van der Waals surface area contributed by atoms with Crippen LogP contribution >= 0.6 is 11.6 Å². The van der Waals surface area contributed by atoms with Crippen molar-refractivity contribution in [2.75, 3.05) is 6.61 Å². The van der Waals surface area contributed by atoms with Gasteiger partial charge in [0.2, 0.25) is 11.5 Å². The maximum Gasteiger partial charge on any atom is 0.401 e. The molecule has 18 heavy (non-hydrogen) atoms. The maximum absolute atomic E-state index is 10.6. The highest BCUT2D eigenvalue weighted by Gasteiger charge is 2.45. The number of aliphatic hydroxyl groups excluding tert-OH is 3. The summed E-state index contributed by atoms with van der Waals surface area (Å²) < 4.78 is 6.19. The van der Waals surface area contributed by atoms with Gasteiger partial charge in [0.1, 0.15) is 18.3 Å². The van der Waals surface area contributed by atoms with Gasteiger partial charge in [0, 0.05) is 0 Å². The third kappa shape index (κ3) is 1.95. The molecule has 0 unspecified atom stereocenters. The van der Waals surface area contributed by atoms with Crippen LogP contribution in [0, 0.1) is 10.1 Å². The highest BCUT2D eigenvalue weighted by Crippen LogP contribution is 2.34. The molecule has 0 radical (unpaired) electrons. The highest BCUT2D eigenvalue weighted by atomic mass is 35.5. The minimum Gasteiger partial charge on any atom is -0.394 e. The van der Waals surface area contributed by atoms with Crippen LogP contribution in [-0.4, -0.2) is 54.7 Å². The Hall–Kier alpha value is -1.26. The largest absolute Gasteiger partial charge is 0.401 e. The molecule has 0 saturated carbocycles. The molecule has 0 bridgehead atoms. The van der Waals surface area contributed by atoms with E-state index in [0.717, 1.165) is 10.9 Å². The molecule has 10 heteroatoms. The summed E-state index contributed by atoms with van der Waals surface area (Å²) in [6, 6.07) is 0. The number of rotatable bonds is 3. The molecule has 1 aromatic heterocycles. The fourth-order valence-corrected chi connectivity index (χ4v) is 2.00. The Bertz CT molecular complexity index is 466. The molecule has 0 aromatic carbocycles. The smallest absolute Gasteiger partial charge is 0.394 e. The molecule has 2 rings (SSSR count). The van der Waals surface area contributed by atoms with Crippen LogP contribution < -0.4 is 0 Å². The van der Waals surface area contributed by atoms with E-state index in [1.165, 1.54) is 0 Å². The van der Waals surface area contributed by atoms with Gasteiger partial charge in [-0.3, -0.25) is 4.57 Å². The molecule has 4 atom stereocenters. The average molecular weight is 280 g/mol. The molecular weight excluding hydrogens is 270 g/mol. The summed E-state index contributed by atoms with van der Waals surface area (Å²) in [6.45, 7) is -0.497. The molecule has 1 fully saturated rings. The normalized spacial score (nSPS) is 31.8. The third-order valence-corrected chi connectivity index (χ3v) is 3.04. The van der Waals surface area contributed by atoms with Crippen molar-refractivity contribution in [2.45, 2.75) is 24.5 Å². The number of ether oxygens (including phenoxy) is 1. The molecule has 1 saturated heterocycles. The van der Waals surface area contributed by atoms with Crippen molar-refractivity contribution in [2.24, 2.45) is 0 Å². The van der Waals surface area contributed by atoms with Crippen molar-refractivity contribution < 1.29 is 25.0 Å². The quantitative estimate of drug-likeness (QED) is 0.480. The van der Waals surface area contributed by atoms with Gasteiger partial charge in [0.25, 0.3) is 0 Å². The molecule has 1 aliphatic rings. The third-order valence-electron chi connectivity index (χ3n) is 2.68. The first-order valence-corrected chi connectivity index (χ1v) is 5.34. The van der Waals surface area contributed by atoms with Crippen LogP contribution in [-0.2, 0) is 4.74 Å². The lowest BCUT2D eigenvalue weighted by Gasteiger charge is -2.15. The Morgan fingerprint density at radius 2 is 2.22 bits per heavy atom. The molecule has 0 aliphatic carbocycles. The van der Waals surface area contributed by atoms with E-state index in [9.17, 15) is 20.3 Å². The van der Waals surface area contributed by atoms with Crippen LogP contribution in [0.4, 0.5) is 5.82 Å². The van der Waals surface area contributed by atoms with Gasteiger partial charge >= 0.3 is 5.82 Å². The molecule has 100 valence electrons. The van der Waals surface area contributed by atoms with Crippen LogP contribution in [0.1, 0.15) is 6.23 Å². The van der Waals surface area contributed by atoms with E-state index in [1.54, 1.807) is 0 Å². The molecule has 0 amide bonds. The lowest BCUT2D eigenvalue weighted by atomic mass is 10.1. The minimum absolute atomic E-state index is 0.324. The van der Waals surface area contributed by atoms with Crippen LogP contribution in [0.2, 0.25) is 5.15 Å². The number of nitrogens with zero attached hydrogens (tertiary/aromatic N) is 3. The van der Waals surface area contributed by atoms with E-state index in [2.05, 4.69) is 4.98 Å². The van der Waals surface area contributed by atoms with E-state index >= 15 is 0 Å². The van der Waals surface area contributed by atoms with Gasteiger partial charge in [-0.05, 0) is 9.91 Å². The fraction of sp³-hybridized carbons (Fsp3) is 0.625. The zero-order chi connectivity index (χ0) is 13.4. The van der Waals surface area contributed by atoms with Crippen molar-refractivity contribution in [1.29, 1.82) is 0 Å². The predicted octanol–water partition coefficient (Wildman–Crippen LogP) is -0.944. The van der Waals surface area contributed by atoms with E-state index < -0.39 is 41.9 Å². The number of aliphatic hydroxyl groups is 3. The van der Waals surface area contributed by atoms with Crippen molar-refractivity contribution in [3.05, 3.63) is 21.6 Å². The molecule has 2 heterocycles. The number of imidazole rings is 1. The van der Waals surface area contributed by atoms with Crippen molar-refractivity contribution in [1.82, 2.24) is 9.55 Å². The molecule has 3 N–H and O–H groups in total. The SMILES string of the molecule is O=[N+]([O-])c1ncn([C@@H]2O[C@H](CO)[C@@H](O)[C@H]2O)c1Cl. The van der Waals surface area contributed by atoms with Crippen LogP contribution in [0.25, 0.3) is 0 Å². The van der Waals surface area contributed by atoms with Gasteiger partial charge in [-0.25, -0.2) is 0 Å². The van der Waals surface area contributed by atoms with Gasteiger partial charge in [0.05, 0.1) is 6.61 Å². The molecule has 1 aliphatic heterocycles. The van der Waals surface area contributed by atoms with Crippen LogP contribution in [0.5, 0.6) is 0 Å². The van der Waals surface area contributed by atoms with Gasteiger partial charge < -0.3 is 30.2 Å². The average Bonchev–Trinajstić information content (AvgIpc) is 2.82. The number of halogens is 1. The summed E-state index contributed by atoms with van der Waals surface area (Å²) in [7, 11) is 0. The van der Waals surface area contributed by atoms with Gasteiger partial charge in [-0.2, -0.15) is 0 Å². The summed E-state index contributed by atoms with van der Waals surface area (Å²) in [4.78, 5) is 13.3. The Kier molecular flexibility index (Phi) is 3.50. The number of hydrogen-bond acceptors (Lipinski definition) is 7. The zero-order valence-electron chi connectivity index (χ0n) is 8.88. The summed E-state index contributed by atoms with van der Waals surface area (Å²) in [5, 5.41) is 38.4. The first kappa shape index (κ1) is 13.2. The summed E-state index contributed by atoms with van der Waals surface area (Å²) in [5.74, 6) is -0.575. The second-order valence-electron chi connectivity index (χ2n) is 3.75. The Labute approximate surface area is 105 Å². The lowest BCUT2D eigenvalue weighted by Crippen LogP contribution is -2.33. The second-order valence-corrected chi connectivity index (χ2v) is 4.11. The van der Waals surface area contributed by atoms with E-state index in [4.69, 9.17) is 21.4 Å². The van der Waals surface area contributed by atoms with Gasteiger partial charge in [0.15, 0.2) is 6.23 Å². The summed E-state index contributed by atoms with van der Waals surface area (Å²) in [6.07, 6.45) is -3.76. The molecule has 0 spiro atoms. The second kappa shape index (κ2) is 4.78. The Balaban J connectivity index is 2.30. The number of aromatic nitrogens is 2. The summed E-state index contributed by atoms with van der Waals surface area (Å²) in [5.41, 5.74) is 0. The Morgan fingerprint density at radius 3 is 2.67 bits per heavy atom.